The van der Waals surface area contributed by atoms with Crippen LogP contribution in [0.3, 0.4) is 0 Å². The first-order chi connectivity index (χ1) is 14.6. The number of aromatic nitrogens is 4. The Bertz CT molecular complexity index is 1230. The Hall–Kier alpha value is -2.95. The van der Waals surface area contributed by atoms with Crippen molar-refractivity contribution in [2.24, 2.45) is 0 Å². The van der Waals surface area contributed by atoms with Gasteiger partial charge in [0.25, 0.3) is 0 Å². The third kappa shape index (κ3) is 3.53. The summed E-state index contributed by atoms with van der Waals surface area (Å²) in [4.78, 5) is 13.0. The monoisotopic (exact) mass is 518 g/mol. The number of rotatable bonds is 4. The van der Waals surface area contributed by atoms with Crippen molar-refractivity contribution in [3.05, 3.63) is 69.6 Å². The summed E-state index contributed by atoms with van der Waals surface area (Å²) in [6.07, 6.45) is 4.68. The van der Waals surface area contributed by atoms with Crippen molar-refractivity contribution in [1.82, 2.24) is 19.5 Å². The molecule has 0 saturated carbocycles. The van der Waals surface area contributed by atoms with E-state index >= 15 is 0 Å². The molecule has 0 amide bonds. The average Bonchev–Trinajstić information content (AvgIpc) is 3.15. The van der Waals surface area contributed by atoms with Crippen molar-refractivity contribution in [3.63, 3.8) is 0 Å². The third-order valence-electron chi connectivity index (χ3n) is 4.83. The standard InChI is InChI=1S/C21H16FIN4O3/c1-28-19-3-2-13(7-24-19)18-10-29-17-5-12(4-15(22)20(17)30-18)9-27-11-26-16-6-14(23)8-25-21(16)27/h2-8,11,18H,9-10H2,1H3. The molecule has 1 aliphatic heterocycles. The molecule has 7 nitrogen and oxygen atoms in total. The summed E-state index contributed by atoms with van der Waals surface area (Å²) in [5, 5.41) is 0. The summed E-state index contributed by atoms with van der Waals surface area (Å²) in [5.41, 5.74) is 3.07. The topological polar surface area (TPSA) is 71.3 Å². The molecule has 0 spiro atoms. The predicted molar refractivity (Wildman–Crippen MR) is 115 cm³/mol. The van der Waals surface area contributed by atoms with Crippen molar-refractivity contribution in [3.8, 4) is 17.4 Å². The van der Waals surface area contributed by atoms with Crippen LogP contribution in [0.5, 0.6) is 17.4 Å². The van der Waals surface area contributed by atoms with Gasteiger partial charge in [-0.3, -0.25) is 0 Å². The average molecular weight is 518 g/mol. The molecule has 4 aromatic rings. The van der Waals surface area contributed by atoms with Crippen LogP contribution in [0.2, 0.25) is 0 Å². The van der Waals surface area contributed by atoms with Gasteiger partial charge in [-0.25, -0.2) is 19.3 Å². The molecule has 0 bridgehead atoms. The van der Waals surface area contributed by atoms with Crippen LogP contribution >= 0.6 is 22.6 Å². The summed E-state index contributed by atoms with van der Waals surface area (Å²) < 4.78 is 34.5. The number of methoxy groups -OCH3 is 1. The van der Waals surface area contributed by atoms with E-state index in [-0.39, 0.29) is 12.4 Å². The molecule has 1 unspecified atom stereocenters. The van der Waals surface area contributed by atoms with Crippen LogP contribution in [-0.2, 0) is 6.54 Å². The molecule has 0 saturated heterocycles. The second kappa shape index (κ2) is 7.71. The van der Waals surface area contributed by atoms with Crippen molar-refractivity contribution in [2.45, 2.75) is 12.6 Å². The Balaban J connectivity index is 1.39. The Morgan fingerprint density at radius 2 is 2.10 bits per heavy atom. The molecule has 4 heterocycles. The van der Waals surface area contributed by atoms with Crippen LogP contribution < -0.4 is 14.2 Å². The lowest BCUT2D eigenvalue weighted by Crippen LogP contribution is -2.22. The molecule has 1 atom stereocenters. The highest BCUT2D eigenvalue weighted by Gasteiger charge is 2.26. The number of benzene rings is 1. The molecule has 1 aliphatic rings. The first-order valence-electron chi connectivity index (χ1n) is 9.19. The molecule has 0 N–H and O–H groups in total. The van der Waals surface area contributed by atoms with E-state index in [1.165, 1.54) is 6.07 Å². The summed E-state index contributed by atoms with van der Waals surface area (Å²) in [5.74, 6) is 0.521. The van der Waals surface area contributed by atoms with Gasteiger partial charge in [0.15, 0.2) is 29.1 Å². The number of nitrogens with zero attached hydrogens (tertiary/aromatic N) is 4. The smallest absolute Gasteiger partial charge is 0.212 e. The lowest BCUT2D eigenvalue weighted by molar-refractivity contribution is 0.0853. The Morgan fingerprint density at radius 3 is 2.90 bits per heavy atom. The number of halogens is 2. The molecule has 152 valence electrons. The van der Waals surface area contributed by atoms with Crippen LogP contribution in [0, 0.1) is 9.39 Å². The molecule has 1 aromatic carbocycles. The van der Waals surface area contributed by atoms with Gasteiger partial charge in [0, 0.05) is 27.6 Å². The van der Waals surface area contributed by atoms with Crippen LogP contribution in [0.4, 0.5) is 4.39 Å². The van der Waals surface area contributed by atoms with Gasteiger partial charge in [-0.1, -0.05) is 0 Å². The van der Waals surface area contributed by atoms with Crippen molar-refractivity contribution < 1.29 is 18.6 Å². The number of ether oxygens (including phenoxy) is 3. The van der Waals surface area contributed by atoms with Crippen LogP contribution in [0.15, 0.2) is 49.1 Å². The van der Waals surface area contributed by atoms with E-state index in [4.69, 9.17) is 14.2 Å². The van der Waals surface area contributed by atoms with E-state index in [0.29, 0.717) is 18.2 Å². The van der Waals surface area contributed by atoms with Gasteiger partial charge in [0.1, 0.15) is 12.1 Å². The summed E-state index contributed by atoms with van der Waals surface area (Å²) in [6, 6.07) is 8.76. The zero-order valence-corrected chi connectivity index (χ0v) is 18.0. The molecule has 0 fully saturated rings. The summed E-state index contributed by atoms with van der Waals surface area (Å²) >= 11 is 2.20. The highest BCUT2D eigenvalue weighted by molar-refractivity contribution is 14.1. The Labute approximate surface area is 185 Å². The lowest BCUT2D eigenvalue weighted by Gasteiger charge is -2.27. The second-order valence-electron chi connectivity index (χ2n) is 6.83. The molecular formula is C21H16FIN4O3. The largest absolute Gasteiger partial charge is 0.485 e. The van der Waals surface area contributed by atoms with Crippen LogP contribution in [0.1, 0.15) is 17.2 Å². The van der Waals surface area contributed by atoms with Gasteiger partial charge in [-0.15, -0.1) is 0 Å². The minimum atomic E-state index is -0.472. The third-order valence-corrected chi connectivity index (χ3v) is 5.42. The molecule has 9 heteroatoms. The highest BCUT2D eigenvalue weighted by Crippen LogP contribution is 2.39. The minimum absolute atomic E-state index is 0.106. The van der Waals surface area contributed by atoms with Crippen molar-refractivity contribution in [1.29, 1.82) is 0 Å². The van der Waals surface area contributed by atoms with Gasteiger partial charge in [0.05, 0.1) is 20.0 Å². The van der Waals surface area contributed by atoms with E-state index < -0.39 is 11.9 Å². The fourth-order valence-corrected chi connectivity index (χ4v) is 3.81. The van der Waals surface area contributed by atoms with E-state index in [0.717, 1.165) is 25.9 Å². The first kappa shape index (κ1) is 19.0. The maximum absolute atomic E-state index is 14.9. The van der Waals surface area contributed by atoms with Gasteiger partial charge in [-0.05, 0) is 52.4 Å². The molecule has 0 aliphatic carbocycles. The van der Waals surface area contributed by atoms with E-state index in [9.17, 15) is 4.39 Å². The van der Waals surface area contributed by atoms with Gasteiger partial charge < -0.3 is 18.8 Å². The molecule has 0 radical (unpaired) electrons. The molecule has 30 heavy (non-hydrogen) atoms. The zero-order chi connectivity index (χ0) is 20.7. The normalized spacial score (nSPS) is 15.4. The Morgan fingerprint density at radius 1 is 1.20 bits per heavy atom. The fraction of sp³-hybridized carbons (Fsp3) is 0.190. The zero-order valence-electron chi connectivity index (χ0n) is 15.9. The maximum atomic E-state index is 14.9. The summed E-state index contributed by atoms with van der Waals surface area (Å²) in [6.45, 7) is 0.682. The van der Waals surface area contributed by atoms with Gasteiger partial charge >= 0.3 is 0 Å². The SMILES string of the molecule is COc1ccc(C2COc3cc(Cn4cnc5cc(I)cnc54)cc(F)c3O2)cn1. The van der Waals surface area contributed by atoms with Gasteiger partial charge in [-0.2, -0.15) is 0 Å². The summed E-state index contributed by atoms with van der Waals surface area (Å²) in [7, 11) is 1.55. The first-order valence-corrected chi connectivity index (χ1v) is 10.3. The number of hydrogen-bond acceptors (Lipinski definition) is 6. The molecule has 3 aromatic heterocycles. The predicted octanol–water partition coefficient (Wildman–Crippen LogP) is 4.14. The minimum Gasteiger partial charge on any atom is -0.485 e. The second-order valence-corrected chi connectivity index (χ2v) is 8.07. The van der Waals surface area contributed by atoms with Crippen molar-refractivity contribution in [2.75, 3.05) is 13.7 Å². The highest BCUT2D eigenvalue weighted by atomic mass is 127. The fourth-order valence-electron chi connectivity index (χ4n) is 3.38. The van der Waals surface area contributed by atoms with E-state index in [1.807, 2.05) is 16.7 Å². The van der Waals surface area contributed by atoms with Gasteiger partial charge in [0.2, 0.25) is 5.88 Å². The number of hydrogen-bond donors (Lipinski definition) is 0. The Kier molecular flexibility index (Phi) is 4.89. The van der Waals surface area contributed by atoms with Crippen LogP contribution in [0.25, 0.3) is 11.2 Å². The molecule has 5 rings (SSSR count). The molecular weight excluding hydrogens is 502 g/mol. The maximum Gasteiger partial charge on any atom is 0.212 e. The number of fused-ring (bicyclic) bond motifs is 2. The lowest BCUT2D eigenvalue weighted by atomic mass is 10.1. The number of imidazole rings is 1. The van der Waals surface area contributed by atoms with Crippen molar-refractivity contribution >= 4 is 33.8 Å². The van der Waals surface area contributed by atoms with Crippen LogP contribution in [-0.4, -0.2) is 33.2 Å². The number of pyridine rings is 2. The van der Waals surface area contributed by atoms with E-state index in [1.54, 1.807) is 38.0 Å². The quantitative estimate of drug-likeness (QED) is 0.379. The van der Waals surface area contributed by atoms with E-state index in [2.05, 4.69) is 37.5 Å².